The molecule has 0 aromatic rings. The number of carboxylic acids is 4. The zero-order chi connectivity index (χ0) is 26.4. The van der Waals surface area contributed by atoms with Crippen molar-refractivity contribution in [3.8, 4) is 0 Å². The van der Waals surface area contributed by atoms with E-state index in [1.807, 2.05) is 0 Å². The number of hydrogen-bond donors (Lipinski definition) is 10. The van der Waals surface area contributed by atoms with E-state index < -0.39 is 36.1 Å². The fourth-order valence-corrected chi connectivity index (χ4v) is 0.446. The molecule has 2 unspecified atom stereocenters. The van der Waals surface area contributed by atoms with Crippen LogP contribution < -0.4 is 11.5 Å². The Kier molecular flexibility index (Phi) is 52.6. The van der Waals surface area contributed by atoms with Gasteiger partial charge in [-0.3, -0.25) is 19.2 Å². The van der Waals surface area contributed by atoms with Crippen molar-refractivity contribution in [1.82, 2.24) is 0 Å². The average molecular weight is 466 g/mol. The van der Waals surface area contributed by atoms with E-state index >= 15 is 0 Å². The lowest BCUT2D eigenvalue weighted by Gasteiger charge is -2.10. The van der Waals surface area contributed by atoms with Crippen LogP contribution in [-0.4, -0.2) is 116 Å². The summed E-state index contributed by atoms with van der Waals surface area (Å²) < 4.78 is 4.72. The van der Waals surface area contributed by atoms with Gasteiger partial charge in [-0.2, -0.15) is 0 Å². The number of rotatable bonds is 7. The number of aliphatic hydroxyl groups excluding tert-OH is 4. The minimum absolute atomic E-state index is 0.0342. The van der Waals surface area contributed by atoms with Gasteiger partial charge in [-0.1, -0.05) is 0 Å². The number of hydrogen-bond acceptors (Lipinski definition) is 11. The second-order valence-electron chi connectivity index (χ2n) is 4.86. The summed E-state index contributed by atoms with van der Waals surface area (Å²) in [4.78, 5) is 36.0. The molecule has 0 fully saturated rings. The van der Waals surface area contributed by atoms with Crippen LogP contribution in [0.1, 0.15) is 27.7 Å². The van der Waals surface area contributed by atoms with Crippen molar-refractivity contribution in [1.29, 1.82) is 0 Å². The topological polar surface area (TPSA) is 291 Å². The normalized spacial score (nSPS) is 10.0. The Hall–Kier alpha value is -2.40. The molecule has 190 valence electrons. The molecule has 0 aromatic heterocycles. The molecule has 15 heteroatoms. The van der Waals surface area contributed by atoms with E-state index in [1.54, 1.807) is 0 Å². The van der Waals surface area contributed by atoms with Crippen molar-refractivity contribution in [2.75, 3.05) is 39.5 Å². The summed E-state index contributed by atoms with van der Waals surface area (Å²) in [6.45, 7) is 4.73. The standard InChI is InChI=1S/C6H14O5.C2H8N2.4C2H4O2/c7-1-5(9)3-11-4-6(10)2-8;3-1-2-4;4*1-2(3)4/h5-10H,1-4H2;1-4H2;4*1H3,(H,3,4). The Labute approximate surface area is 180 Å². The van der Waals surface area contributed by atoms with Crippen LogP contribution in [0.2, 0.25) is 0 Å². The first kappa shape index (κ1) is 42.7. The minimum atomic E-state index is -0.916. The summed E-state index contributed by atoms with van der Waals surface area (Å²) in [5, 5.41) is 63.7. The third-order valence-electron chi connectivity index (χ3n) is 1.21. The molecule has 12 N–H and O–H groups in total. The molecule has 0 bridgehead atoms. The number of carboxylic acid groups (broad SMARTS) is 4. The monoisotopic (exact) mass is 466 g/mol. The predicted molar refractivity (Wildman–Crippen MR) is 108 cm³/mol. The maximum Gasteiger partial charge on any atom is 0.300 e. The van der Waals surface area contributed by atoms with Gasteiger partial charge in [0.25, 0.3) is 23.9 Å². The quantitative estimate of drug-likeness (QED) is 0.178. The van der Waals surface area contributed by atoms with Crippen molar-refractivity contribution < 1.29 is 64.8 Å². The second kappa shape index (κ2) is 38.2. The highest BCUT2D eigenvalue weighted by Gasteiger charge is 2.04. The summed E-state index contributed by atoms with van der Waals surface area (Å²) in [6, 6.07) is 0. The van der Waals surface area contributed by atoms with Crippen LogP contribution >= 0.6 is 0 Å². The Morgan fingerprint density at radius 1 is 0.645 bits per heavy atom. The van der Waals surface area contributed by atoms with Gasteiger partial charge in [0.15, 0.2) is 0 Å². The number of nitrogens with two attached hydrogens (primary N) is 2. The van der Waals surface area contributed by atoms with Gasteiger partial charge in [0.05, 0.1) is 26.4 Å². The van der Waals surface area contributed by atoms with Crippen LogP contribution in [0, 0.1) is 0 Å². The Morgan fingerprint density at radius 2 is 0.806 bits per heavy atom. The fourth-order valence-electron chi connectivity index (χ4n) is 0.446. The SMILES string of the molecule is CC(=O)O.CC(=O)O.CC(=O)O.CC(=O)O.NCCN.OCC(O)COCC(O)CO. The summed E-state index contributed by atoms with van der Waals surface area (Å²) in [6.07, 6.45) is -1.83. The molecular weight excluding hydrogens is 428 g/mol. The smallest absolute Gasteiger partial charge is 0.300 e. The molecule has 31 heavy (non-hydrogen) atoms. The van der Waals surface area contributed by atoms with E-state index in [-0.39, 0.29) is 26.4 Å². The fraction of sp³-hybridized carbons (Fsp3) is 0.750. The van der Waals surface area contributed by atoms with Crippen molar-refractivity contribution in [3.63, 3.8) is 0 Å². The molecule has 0 saturated carbocycles. The minimum Gasteiger partial charge on any atom is -0.481 e. The van der Waals surface area contributed by atoms with E-state index in [1.165, 1.54) is 0 Å². The predicted octanol–water partition coefficient (Wildman–Crippen LogP) is -3.02. The van der Waals surface area contributed by atoms with Crippen LogP contribution in [0.5, 0.6) is 0 Å². The molecule has 0 rings (SSSR count). The molecule has 0 heterocycles. The van der Waals surface area contributed by atoms with Crippen LogP contribution in [0.15, 0.2) is 0 Å². The third kappa shape index (κ3) is 245. The zero-order valence-corrected chi connectivity index (χ0v) is 18.2. The summed E-state index contributed by atoms with van der Waals surface area (Å²) in [5.41, 5.74) is 9.81. The van der Waals surface area contributed by atoms with Crippen LogP contribution in [0.4, 0.5) is 0 Å². The molecule has 0 saturated heterocycles. The molecular formula is C16H38N2O13. The number of carbonyl (C=O) groups is 4. The molecule has 0 radical (unpaired) electrons. The van der Waals surface area contributed by atoms with Gasteiger partial charge < -0.3 is 57.1 Å². The highest BCUT2D eigenvalue weighted by atomic mass is 16.5. The van der Waals surface area contributed by atoms with Gasteiger partial charge >= 0.3 is 0 Å². The van der Waals surface area contributed by atoms with Crippen molar-refractivity contribution in [3.05, 3.63) is 0 Å². The highest BCUT2D eigenvalue weighted by Crippen LogP contribution is 1.87. The lowest BCUT2D eigenvalue weighted by Crippen LogP contribution is -2.25. The summed E-state index contributed by atoms with van der Waals surface area (Å²) in [5.74, 6) is -3.33. The van der Waals surface area contributed by atoms with Crippen molar-refractivity contribution >= 4 is 23.9 Å². The van der Waals surface area contributed by atoms with Crippen LogP contribution in [0.3, 0.4) is 0 Å². The number of aliphatic carboxylic acids is 4. The Bertz CT molecular complexity index is 333. The zero-order valence-electron chi connectivity index (χ0n) is 18.2. The molecule has 0 aliphatic carbocycles. The molecule has 0 aromatic carbocycles. The molecule has 15 nitrogen and oxygen atoms in total. The first-order valence-electron chi connectivity index (χ1n) is 8.39. The van der Waals surface area contributed by atoms with Gasteiger partial charge in [0.2, 0.25) is 0 Å². The first-order valence-corrected chi connectivity index (χ1v) is 8.39. The number of ether oxygens (including phenoxy) is 1. The van der Waals surface area contributed by atoms with Gasteiger partial charge in [-0.15, -0.1) is 0 Å². The van der Waals surface area contributed by atoms with E-state index in [0.29, 0.717) is 13.1 Å². The molecule has 0 amide bonds. The van der Waals surface area contributed by atoms with Gasteiger partial charge in [0.1, 0.15) is 12.2 Å². The molecule has 0 aliphatic heterocycles. The largest absolute Gasteiger partial charge is 0.481 e. The lowest BCUT2D eigenvalue weighted by atomic mass is 10.4. The maximum atomic E-state index is 9.00. The Balaban J connectivity index is -0.0000000660. The van der Waals surface area contributed by atoms with Gasteiger partial charge in [-0.05, 0) is 0 Å². The van der Waals surface area contributed by atoms with Gasteiger partial charge in [-0.25, -0.2) is 0 Å². The van der Waals surface area contributed by atoms with Crippen LogP contribution in [0.25, 0.3) is 0 Å². The molecule has 2 atom stereocenters. The maximum absolute atomic E-state index is 9.00. The summed E-state index contributed by atoms with van der Waals surface area (Å²) >= 11 is 0. The average Bonchev–Trinajstić information content (AvgIpc) is 2.59. The molecule has 0 aliphatic rings. The first-order chi connectivity index (χ1) is 14.0. The van der Waals surface area contributed by atoms with Crippen molar-refractivity contribution in [2.24, 2.45) is 11.5 Å². The lowest BCUT2D eigenvalue weighted by molar-refractivity contribution is -0.135. The van der Waals surface area contributed by atoms with Crippen LogP contribution in [-0.2, 0) is 23.9 Å². The second-order valence-corrected chi connectivity index (χ2v) is 4.86. The molecule has 0 spiro atoms. The van der Waals surface area contributed by atoms with Gasteiger partial charge in [0, 0.05) is 40.8 Å². The summed E-state index contributed by atoms with van der Waals surface area (Å²) in [7, 11) is 0. The highest BCUT2D eigenvalue weighted by molar-refractivity contribution is 5.63. The number of aliphatic hydroxyl groups is 4. The van der Waals surface area contributed by atoms with E-state index in [4.69, 9.17) is 76.2 Å². The Morgan fingerprint density at radius 3 is 0.903 bits per heavy atom. The van der Waals surface area contributed by atoms with E-state index in [2.05, 4.69) is 0 Å². The third-order valence-corrected chi connectivity index (χ3v) is 1.21. The van der Waals surface area contributed by atoms with E-state index in [0.717, 1.165) is 27.7 Å². The van der Waals surface area contributed by atoms with Crippen molar-refractivity contribution in [2.45, 2.75) is 39.9 Å². The van der Waals surface area contributed by atoms with E-state index in [9.17, 15) is 0 Å².